The van der Waals surface area contributed by atoms with E-state index in [1.807, 2.05) is 7.05 Å². The summed E-state index contributed by atoms with van der Waals surface area (Å²) in [6.45, 7) is 4.81. The van der Waals surface area contributed by atoms with E-state index in [0.717, 1.165) is 56.6 Å². The predicted molar refractivity (Wildman–Crippen MR) is 95.8 cm³/mol. The third-order valence-corrected chi connectivity index (χ3v) is 4.82. The lowest BCUT2D eigenvalue weighted by atomic mass is 10.2. The summed E-state index contributed by atoms with van der Waals surface area (Å²) < 4.78 is 13.2. The molecule has 3 rings (SSSR count). The molecule has 1 atom stereocenters. The molecular weight excluding hydrogens is 320 g/mol. The van der Waals surface area contributed by atoms with Gasteiger partial charge in [-0.05, 0) is 12.8 Å². The zero-order chi connectivity index (χ0) is 17.5. The van der Waals surface area contributed by atoms with Gasteiger partial charge in [0.05, 0.1) is 19.3 Å². The van der Waals surface area contributed by atoms with Crippen molar-refractivity contribution in [1.29, 1.82) is 0 Å². The highest BCUT2D eigenvalue weighted by Gasteiger charge is 2.23. The van der Waals surface area contributed by atoms with Crippen molar-refractivity contribution >= 4 is 5.96 Å². The number of morpholine rings is 1. The van der Waals surface area contributed by atoms with Crippen molar-refractivity contribution in [2.45, 2.75) is 44.8 Å². The van der Waals surface area contributed by atoms with Crippen LogP contribution in [0.15, 0.2) is 4.99 Å². The summed E-state index contributed by atoms with van der Waals surface area (Å²) in [5.41, 5.74) is 0. The van der Waals surface area contributed by atoms with E-state index in [4.69, 9.17) is 9.47 Å². The first-order valence-corrected chi connectivity index (χ1v) is 9.29. The molecule has 25 heavy (non-hydrogen) atoms. The van der Waals surface area contributed by atoms with E-state index >= 15 is 0 Å². The fraction of sp³-hybridized carbons (Fsp3) is 0.824. The number of methoxy groups -OCH3 is 1. The number of aryl methyl sites for hydroxylation is 1. The molecule has 2 aliphatic heterocycles. The standard InChI is InChI=1S/C17H30N6O2/c1-18-17(22-10-11-25-14(12-22)13-24-2)19-8-7-16-21-20-15-6-4-3-5-9-23(15)16/h14H,3-13H2,1-2H3,(H,18,19). The lowest BCUT2D eigenvalue weighted by Crippen LogP contribution is -2.51. The Labute approximate surface area is 149 Å². The first-order chi connectivity index (χ1) is 12.3. The lowest BCUT2D eigenvalue weighted by molar-refractivity contribution is -0.0447. The second-order valence-electron chi connectivity index (χ2n) is 6.61. The van der Waals surface area contributed by atoms with Crippen LogP contribution in [0.4, 0.5) is 0 Å². The largest absolute Gasteiger partial charge is 0.382 e. The van der Waals surface area contributed by atoms with Gasteiger partial charge in [-0.2, -0.15) is 0 Å². The van der Waals surface area contributed by atoms with E-state index in [-0.39, 0.29) is 6.10 Å². The molecule has 8 heteroatoms. The number of rotatable bonds is 5. The Morgan fingerprint density at radius 1 is 1.32 bits per heavy atom. The first kappa shape index (κ1) is 18.1. The molecule has 2 aliphatic rings. The Hall–Kier alpha value is -1.67. The average Bonchev–Trinajstić information content (AvgIpc) is 2.86. The SMILES string of the molecule is CN=C(NCCc1nnc2n1CCCCC2)N1CCOC(COC)C1. The first-order valence-electron chi connectivity index (χ1n) is 9.29. The smallest absolute Gasteiger partial charge is 0.193 e. The van der Waals surface area contributed by atoms with Crippen LogP contribution in [0.1, 0.15) is 30.9 Å². The minimum Gasteiger partial charge on any atom is -0.382 e. The Balaban J connectivity index is 1.51. The van der Waals surface area contributed by atoms with Crippen molar-refractivity contribution in [3.8, 4) is 0 Å². The van der Waals surface area contributed by atoms with E-state index in [2.05, 4.69) is 30.0 Å². The predicted octanol–water partition coefficient (Wildman–Crippen LogP) is 0.470. The molecule has 1 aromatic rings. The molecule has 0 spiro atoms. The summed E-state index contributed by atoms with van der Waals surface area (Å²) >= 11 is 0. The lowest BCUT2D eigenvalue weighted by Gasteiger charge is -2.34. The van der Waals surface area contributed by atoms with Crippen molar-refractivity contribution in [3.63, 3.8) is 0 Å². The van der Waals surface area contributed by atoms with Gasteiger partial charge in [0, 0.05) is 53.2 Å². The van der Waals surface area contributed by atoms with Crippen LogP contribution in [0.3, 0.4) is 0 Å². The number of nitrogens with zero attached hydrogens (tertiary/aromatic N) is 5. The molecule has 1 aromatic heterocycles. The van der Waals surface area contributed by atoms with Crippen LogP contribution in [0.2, 0.25) is 0 Å². The number of fused-ring (bicyclic) bond motifs is 1. The zero-order valence-corrected chi connectivity index (χ0v) is 15.4. The van der Waals surface area contributed by atoms with E-state index in [0.29, 0.717) is 13.2 Å². The third kappa shape index (κ3) is 4.70. The fourth-order valence-electron chi connectivity index (χ4n) is 3.55. The van der Waals surface area contributed by atoms with Gasteiger partial charge in [-0.15, -0.1) is 10.2 Å². The van der Waals surface area contributed by atoms with Crippen LogP contribution >= 0.6 is 0 Å². The molecule has 1 N–H and O–H groups in total. The third-order valence-electron chi connectivity index (χ3n) is 4.82. The Morgan fingerprint density at radius 2 is 2.24 bits per heavy atom. The van der Waals surface area contributed by atoms with Gasteiger partial charge in [0.25, 0.3) is 0 Å². The normalized spacial score (nSPS) is 21.8. The highest BCUT2D eigenvalue weighted by atomic mass is 16.5. The second kappa shape index (κ2) is 9.15. The van der Waals surface area contributed by atoms with Crippen LogP contribution in [-0.4, -0.2) is 78.7 Å². The fourth-order valence-corrected chi connectivity index (χ4v) is 3.55. The van der Waals surface area contributed by atoms with Crippen molar-refractivity contribution in [1.82, 2.24) is 25.0 Å². The quantitative estimate of drug-likeness (QED) is 0.614. The molecule has 0 amide bonds. The Bertz CT molecular complexity index is 571. The topological polar surface area (TPSA) is 76.8 Å². The summed E-state index contributed by atoms with van der Waals surface area (Å²) in [7, 11) is 3.53. The second-order valence-corrected chi connectivity index (χ2v) is 6.61. The number of guanidine groups is 1. The van der Waals surface area contributed by atoms with Crippen molar-refractivity contribution < 1.29 is 9.47 Å². The van der Waals surface area contributed by atoms with Gasteiger partial charge in [-0.3, -0.25) is 4.99 Å². The van der Waals surface area contributed by atoms with Crippen LogP contribution in [0, 0.1) is 0 Å². The monoisotopic (exact) mass is 350 g/mol. The van der Waals surface area contributed by atoms with Crippen LogP contribution in [0.5, 0.6) is 0 Å². The van der Waals surface area contributed by atoms with Gasteiger partial charge in [-0.1, -0.05) is 6.42 Å². The molecule has 0 bridgehead atoms. The molecule has 0 radical (unpaired) electrons. The summed E-state index contributed by atoms with van der Waals surface area (Å²) in [5, 5.41) is 12.2. The highest BCUT2D eigenvalue weighted by Crippen LogP contribution is 2.14. The summed E-state index contributed by atoms with van der Waals surface area (Å²) in [4.78, 5) is 6.65. The molecule has 0 aliphatic carbocycles. The maximum Gasteiger partial charge on any atom is 0.193 e. The maximum atomic E-state index is 5.71. The van der Waals surface area contributed by atoms with E-state index in [9.17, 15) is 0 Å². The molecule has 1 saturated heterocycles. The minimum absolute atomic E-state index is 0.101. The molecule has 0 saturated carbocycles. The average molecular weight is 350 g/mol. The minimum atomic E-state index is 0.101. The van der Waals surface area contributed by atoms with Crippen LogP contribution in [-0.2, 0) is 28.9 Å². The number of nitrogens with one attached hydrogen (secondary N) is 1. The van der Waals surface area contributed by atoms with Gasteiger partial charge >= 0.3 is 0 Å². The Kier molecular flexibility index (Phi) is 6.63. The molecule has 0 aromatic carbocycles. The summed E-state index contributed by atoms with van der Waals surface area (Å²) in [6, 6.07) is 0. The number of hydrogen-bond acceptors (Lipinski definition) is 5. The van der Waals surface area contributed by atoms with E-state index in [1.165, 1.54) is 19.3 Å². The Morgan fingerprint density at radius 3 is 3.08 bits per heavy atom. The van der Waals surface area contributed by atoms with Gasteiger partial charge in [-0.25, -0.2) is 0 Å². The number of hydrogen-bond donors (Lipinski definition) is 1. The maximum absolute atomic E-state index is 5.71. The number of aromatic nitrogens is 3. The molecule has 3 heterocycles. The molecule has 8 nitrogen and oxygen atoms in total. The van der Waals surface area contributed by atoms with Gasteiger partial charge in [0.2, 0.25) is 0 Å². The van der Waals surface area contributed by atoms with E-state index < -0.39 is 0 Å². The van der Waals surface area contributed by atoms with Crippen molar-refractivity contribution in [2.75, 3.05) is 47.0 Å². The number of aliphatic imine (C=N–C) groups is 1. The molecular formula is C17H30N6O2. The van der Waals surface area contributed by atoms with Gasteiger partial charge in [0.15, 0.2) is 5.96 Å². The molecule has 1 fully saturated rings. The van der Waals surface area contributed by atoms with Crippen molar-refractivity contribution in [2.24, 2.45) is 4.99 Å². The summed E-state index contributed by atoms with van der Waals surface area (Å²) in [6.07, 6.45) is 5.75. The summed E-state index contributed by atoms with van der Waals surface area (Å²) in [5.74, 6) is 3.14. The highest BCUT2D eigenvalue weighted by molar-refractivity contribution is 5.80. The van der Waals surface area contributed by atoms with Crippen molar-refractivity contribution in [3.05, 3.63) is 11.6 Å². The van der Waals surface area contributed by atoms with E-state index in [1.54, 1.807) is 7.11 Å². The number of ether oxygens (including phenoxy) is 2. The van der Waals surface area contributed by atoms with Gasteiger partial charge < -0.3 is 24.3 Å². The van der Waals surface area contributed by atoms with Crippen LogP contribution in [0.25, 0.3) is 0 Å². The van der Waals surface area contributed by atoms with Gasteiger partial charge in [0.1, 0.15) is 11.6 Å². The zero-order valence-electron chi connectivity index (χ0n) is 15.4. The molecule has 140 valence electrons. The van der Waals surface area contributed by atoms with Crippen LogP contribution < -0.4 is 5.32 Å². The molecule has 1 unspecified atom stereocenters.